The van der Waals surface area contributed by atoms with Crippen molar-refractivity contribution in [2.45, 2.75) is 63.8 Å². The third-order valence-corrected chi connectivity index (χ3v) is 6.30. The molecule has 0 bridgehead atoms. The largest absolute Gasteiger partial charge is 0.310 e. The number of hydrogen-bond donors (Lipinski definition) is 1. The van der Waals surface area contributed by atoms with Crippen molar-refractivity contribution >= 4 is 23.4 Å². The van der Waals surface area contributed by atoms with Gasteiger partial charge in [-0.05, 0) is 32.9 Å². The molecular weight excluding hydrogens is 290 g/mol. The standard InChI is InChI=1S/C15H26ClN3S/c1-4-19-13(14(16)12(2)18-19)10-17-11-15(20-3)8-6-5-7-9-15/h17H,4-11H2,1-3H3. The van der Waals surface area contributed by atoms with E-state index in [1.54, 1.807) is 0 Å². The fourth-order valence-electron chi connectivity index (χ4n) is 3.10. The summed E-state index contributed by atoms with van der Waals surface area (Å²) in [6.45, 7) is 6.84. The highest BCUT2D eigenvalue weighted by Gasteiger charge is 2.30. The summed E-state index contributed by atoms with van der Waals surface area (Å²) in [5, 5.41) is 8.92. The van der Waals surface area contributed by atoms with Gasteiger partial charge in [-0.25, -0.2) is 0 Å². The molecule has 0 amide bonds. The number of nitrogens with zero attached hydrogens (tertiary/aromatic N) is 2. The Labute approximate surface area is 131 Å². The molecule has 0 unspecified atom stereocenters. The van der Waals surface area contributed by atoms with Crippen molar-refractivity contribution < 1.29 is 0 Å². The number of rotatable bonds is 6. The van der Waals surface area contributed by atoms with Crippen LogP contribution in [0.5, 0.6) is 0 Å². The summed E-state index contributed by atoms with van der Waals surface area (Å²) in [7, 11) is 0. The van der Waals surface area contributed by atoms with Crippen LogP contribution in [0.15, 0.2) is 0 Å². The van der Waals surface area contributed by atoms with Crippen molar-refractivity contribution in [2.24, 2.45) is 0 Å². The molecule has 2 rings (SSSR count). The Morgan fingerprint density at radius 1 is 1.35 bits per heavy atom. The minimum absolute atomic E-state index is 0.427. The molecule has 1 fully saturated rings. The molecule has 0 aliphatic heterocycles. The van der Waals surface area contributed by atoms with Gasteiger partial charge in [0, 0.05) is 24.4 Å². The maximum absolute atomic E-state index is 6.35. The lowest BCUT2D eigenvalue weighted by atomic mass is 9.88. The summed E-state index contributed by atoms with van der Waals surface area (Å²) in [6, 6.07) is 0. The first-order chi connectivity index (χ1) is 9.62. The maximum Gasteiger partial charge on any atom is 0.0860 e. The van der Waals surface area contributed by atoms with Crippen LogP contribution < -0.4 is 5.32 Å². The average molecular weight is 316 g/mol. The van der Waals surface area contributed by atoms with Crippen LogP contribution in [0.1, 0.15) is 50.4 Å². The van der Waals surface area contributed by atoms with Crippen molar-refractivity contribution in [1.29, 1.82) is 0 Å². The van der Waals surface area contributed by atoms with Gasteiger partial charge in [0.15, 0.2) is 0 Å². The van der Waals surface area contributed by atoms with Gasteiger partial charge in [0.2, 0.25) is 0 Å². The number of aromatic nitrogens is 2. The molecule has 0 aromatic carbocycles. The molecule has 1 aliphatic rings. The van der Waals surface area contributed by atoms with Gasteiger partial charge in [0.1, 0.15) is 0 Å². The lowest BCUT2D eigenvalue weighted by molar-refractivity contribution is 0.377. The second-order valence-electron chi connectivity index (χ2n) is 5.71. The van der Waals surface area contributed by atoms with Crippen LogP contribution in [-0.2, 0) is 13.1 Å². The second-order valence-corrected chi connectivity index (χ2v) is 7.37. The van der Waals surface area contributed by atoms with Crippen LogP contribution in [0, 0.1) is 6.92 Å². The minimum Gasteiger partial charge on any atom is -0.310 e. The minimum atomic E-state index is 0.427. The molecular formula is C15H26ClN3S. The lowest BCUT2D eigenvalue weighted by Crippen LogP contribution is -2.39. The third kappa shape index (κ3) is 3.52. The first-order valence-electron chi connectivity index (χ1n) is 7.59. The number of nitrogens with one attached hydrogen (secondary N) is 1. The first kappa shape index (κ1) is 16.2. The van der Waals surface area contributed by atoms with E-state index in [2.05, 4.69) is 23.6 Å². The highest BCUT2D eigenvalue weighted by atomic mass is 35.5. The highest BCUT2D eigenvalue weighted by Crippen LogP contribution is 2.38. The number of thioether (sulfide) groups is 1. The zero-order valence-electron chi connectivity index (χ0n) is 12.8. The van der Waals surface area contributed by atoms with Crippen molar-refractivity contribution in [2.75, 3.05) is 12.8 Å². The molecule has 20 heavy (non-hydrogen) atoms. The van der Waals surface area contributed by atoms with Crippen LogP contribution in [-0.4, -0.2) is 27.3 Å². The van der Waals surface area contributed by atoms with Crippen molar-refractivity contribution in [1.82, 2.24) is 15.1 Å². The van der Waals surface area contributed by atoms with Gasteiger partial charge in [0.25, 0.3) is 0 Å². The SMILES string of the molecule is CCn1nc(C)c(Cl)c1CNCC1(SC)CCCCC1. The molecule has 1 saturated carbocycles. The molecule has 1 aromatic heterocycles. The van der Waals surface area contributed by atoms with Gasteiger partial charge in [-0.15, -0.1) is 0 Å². The molecule has 1 heterocycles. The second kappa shape index (κ2) is 7.19. The Bertz CT molecular complexity index is 439. The summed E-state index contributed by atoms with van der Waals surface area (Å²) in [5.41, 5.74) is 2.06. The van der Waals surface area contributed by atoms with E-state index in [0.717, 1.165) is 36.0 Å². The van der Waals surface area contributed by atoms with Crippen LogP contribution in [0.4, 0.5) is 0 Å². The monoisotopic (exact) mass is 315 g/mol. The summed E-state index contributed by atoms with van der Waals surface area (Å²) in [5.74, 6) is 0. The molecule has 1 aromatic rings. The number of halogens is 1. The molecule has 114 valence electrons. The van der Waals surface area contributed by atoms with Gasteiger partial charge in [-0.1, -0.05) is 30.9 Å². The van der Waals surface area contributed by atoms with Gasteiger partial charge in [0.05, 0.1) is 16.4 Å². The number of hydrogen-bond acceptors (Lipinski definition) is 3. The molecule has 0 atom stereocenters. The van der Waals surface area contributed by atoms with Gasteiger partial charge < -0.3 is 5.32 Å². The average Bonchev–Trinajstić information content (AvgIpc) is 2.76. The van der Waals surface area contributed by atoms with E-state index in [1.165, 1.54) is 32.1 Å². The van der Waals surface area contributed by atoms with E-state index in [4.69, 9.17) is 11.6 Å². The normalized spacial score (nSPS) is 18.4. The Hall–Kier alpha value is -0.190. The fraction of sp³-hybridized carbons (Fsp3) is 0.800. The topological polar surface area (TPSA) is 29.9 Å². The van der Waals surface area contributed by atoms with E-state index in [1.807, 2.05) is 23.4 Å². The Kier molecular flexibility index (Phi) is 5.82. The Balaban J connectivity index is 1.95. The smallest absolute Gasteiger partial charge is 0.0860 e. The molecule has 1 aliphatic carbocycles. The van der Waals surface area contributed by atoms with Crippen molar-refractivity contribution in [3.05, 3.63) is 16.4 Å². The van der Waals surface area contributed by atoms with Gasteiger partial charge in [-0.3, -0.25) is 4.68 Å². The van der Waals surface area contributed by atoms with E-state index in [-0.39, 0.29) is 0 Å². The van der Waals surface area contributed by atoms with E-state index in [9.17, 15) is 0 Å². The van der Waals surface area contributed by atoms with Crippen LogP contribution in [0.2, 0.25) is 5.02 Å². The predicted molar refractivity (Wildman–Crippen MR) is 88.7 cm³/mol. The maximum atomic E-state index is 6.35. The van der Waals surface area contributed by atoms with Crippen LogP contribution in [0.3, 0.4) is 0 Å². The molecule has 3 nitrogen and oxygen atoms in total. The lowest BCUT2D eigenvalue weighted by Gasteiger charge is -2.36. The van der Waals surface area contributed by atoms with E-state index in [0.29, 0.717) is 4.75 Å². The summed E-state index contributed by atoms with van der Waals surface area (Å²) in [6.07, 6.45) is 9.06. The van der Waals surface area contributed by atoms with Crippen LogP contribution in [0.25, 0.3) is 0 Å². The van der Waals surface area contributed by atoms with Gasteiger partial charge >= 0.3 is 0 Å². The zero-order chi connectivity index (χ0) is 14.6. The Morgan fingerprint density at radius 3 is 2.65 bits per heavy atom. The summed E-state index contributed by atoms with van der Waals surface area (Å²) < 4.78 is 2.44. The quantitative estimate of drug-likeness (QED) is 0.860. The fourth-order valence-corrected chi connectivity index (χ4v) is 4.24. The highest BCUT2D eigenvalue weighted by molar-refractivity contribution is 8.00. The van der Waals surface area contributed by atoms with Crippen molar-refractivity contribution in [3.63, 3.8) is 0 Å². The zero-order valence-corrected chi connectivity index (χ0v) is 14.4. The van der Waals surface area contributed by atoms with E-state index < -0.39 is 0 Å². The summed E-state index contributed by atoms with van der Waals surface area (Å²) in [4.78, 5) is 0. The summed E-state index contributed by atoms with van der Waals surface area (Å²) >= 11 is 8.38. The predicted octanol–water partition coefficient (Wildman–Crippen LogP) is 4.02. The van der Waals surface area contributed by atoms with Crippen molar-refractivity contribution in [3.8, 4) is 0 Å². The molecule has 1 N–H and O–H groups in total. The molecule has 5 heteroatoms. The van der Waals surface area contributed by atoms with Crippen LogP contribution >= 0.6 is 23.4 Å². The van der Waals surface area contributed by atoms with Gasteiger partial charge in [-0.2, -0.15) is 16.9 Å². The Morgan fingerprint density at radius 2 is 2.05 bits per heavy atom. The first-order valence-corrected chi connectivity index (χ1v) is 9.20. The molecule has 0 radical (unpaired) electrons. The molecule has 0 saturated heterocycles. The third-order valence-electron chi connectivity index (χ3n) is 4.39. The molecule has 0 spiro atoms. The number of aryl methyl sites for hydroxylation is 2. The van der Waals surface area contributed by atoms with E-state index >= 15 is 0 Å².